The average molecular weight is 534 g/mol. The molecule has 0 unspecified atom stereocenters. The fourth-order valence-corrected chi connectivity index (χ4v) is 5.12. The molecule has 7 nitrogen and oxygen atoms in total. The lowest BCUT2D eigenvalue weighted by Crippen LogP contribution is -2.50. The number of carbonyl (C=O) groups is 1. The number of carbonyl (C=O) groups excluding carboxylic acids is 1. The van der Waals surface area contributed by atoms with Crippen LogP contribution >= 0.6 is 23.2 Å². The molecule has 4 rings (SSSR count). The maximum atomic E-state index is 12.7. The van der Waals surface area contributed by atoms with Gasteiger partial charge in [-0.3, -0.25) is 9.52 Å². The zero-order valence-electron chi connectivity index (χ0n) is 19.1. The summed E-state index contributed by atoms with van der Waals surface area (Å²) in [5.74, 6) is 0.290. The van der Waals surface area contributed by atoms with E-state index >= 15 is 0 Å². The Balaban J connectivity index is 1.29. The fraction of sp³-hybridized carbons (Fsp3) is 0.240. The van der Waals surface area contributed by atoms with Crippen molar-refractivity contribution in [3.8, 4) is 5.75 Å². The predicted molar refractivity (Wildman–Crippen MR) is 139 cm³/mol. The summed E-state index contributed by atoms with van der Waals surface area (Å²) in [5, 5.41) is 1.16. The predicted octanol–water partition coefficient (Wildman–Crippen LogP) is 4.83. The van der Waals surface area contributed by atoms with Crippen molar-refractivity contribution >= 4 is 50.5 Å². The van der Waals surface area contributed by atoms with Crippen LogP contribution in [0.15, 0.2) is 71.6 Å². The Hall–Kier alpha value is -2.94. The summed E-state index contributed by atoms with van der Waals surface area (Å²) in [6, 6.07) is 18.5. The molecule has 0 radical (unpaired) electrons. The van der Waals surface area contributed by atoms with Crippen molar-refractivity contribution in [2.45, 2.75) is 11.8 Å². The van der Waals surface area contributed by atoms with Crippen molar-refractivity contribution in [2.24, 2.45) is 0 Å². The van der Waals surface area contributed by atoms with Crippen LogP contribution in [0.2, 0.25) is 10.0 Å². The topological polar surface area (TPSA) is 78.9 Å². The first-order valence-electron chi connectivity index (χ1n) is 11.0. The van der Waals surface area contributed by atoms with Gasteiger partial charge in [-0.2, -0.15) is 0 Å². The second kappa shape index (κ2) is 10.8. The van der Waals surface area contributed by atoms with Crippen LogP contribution in [0.5, 0.6) is 5.75 Å². The Morgan fingerprint density at radius 2 is 1.69 bits per heavy atom. The van der Waals surface area contributed by atoms with E-state index in [0.717, 1.165) is 11.3 Å². The van der Waals surface area contributed by atoms with Gasteiger partial charge in [0.25, 0.3) is 15.9 Å². The number of ether oxygens (including phenoxy) is 1. The molecule has 1 heterocycles. The van der Waals surface area contributed by atoms with Crippen molar-refractivity contribution in [2.75, 3.05) is 42.4 Å². The summed E-state index contributed by atoms with van der Waals surface area (Å²) in [5.41, 5.74) is 2.27. The van der Waals surface area contributed by atoms with Gasteiger partial charge in [0.1, 0.15) is 5.75 Å². The fourth-order valence-electron chi connectivity index (χ4n) is 3.71. The molecule has 35 heavy (non-hydrogen) atoms. The van der Waals surface area contributed by atoms with E-state index in [-0.39, 0.29) is 17.4 Å². The van der Waals surface area contributed by atoms with Crippen LogP contribution in [0, 0.1) is 6.92 Å². The number of nitrogens with one attached hydrogen (secondary N) is 1. The van der Waals surface area contributed by atoms with Gasteiger partial charge < -0.3 is 14.5 Å². The third-order valence-corrected chi connectivity index (χ3v) is 7.77. The van der Waals surface area contributed by atoms with E-state index in [1.165, 1.54) is 24.3 Å². The minimum absolute atomic E-state index is 0.0741. The number of halogens is 2. The van der Waals surface area contributed by atoms with Crippen molar-refractivity contribution in [3.05, 3.63) is 82.3 Å². The second-order valence-corrected chi connectivity index (χ2v) is 10.7. The van der Waals surface area contributed by atoms with Crippen LogP contribution in [0.1, 0.15) is 5.56 Å². The summed E-state index contributed by atoms with van der Waals surface area (Å²) >= 11 is 12.2. The molecular formula is C25H25Cl2N3O4S. The molecule has 184 valence electrons. The number of hydrogen-bond donors (Lipinski definition) is 1. The Morgan fingerprint density at radius 3 is 2.34 bits per heavy atom. The number of aryl methyl sites for hydroxylation is 1. The highest BCUT2D eigenvalue weighted by molar-refractivity contribution is 7.92. The van der Waals surface area contributed by atoms with Gasteiger partial charge in [-0.05, 0) is 67.1 Å². The van der Waals surface area contributed by atoms with Gasteiger partial charge in [0, 0.05) is 41.9 Å². The lowest BCUT2D eigenvalue weighted by Gasteiger charge is -2.36. The van der Waals surface area contributed by atoms with E-state index in [1.807, 2.05) is 31.2 Å². The van der Waals surface area contributed by atoms with Crippen molar-refractivity contribution < 1.29 is 17.9 Å². The zero-order chi connectivity index (χ0) is 25.0. The van der Waals surface area contributed by atoms with Gasteiger partial charge in [0.15, 0.2) is 6.61 Å². The summed E-state index contributed by atoms with van der Waals surface area (Å²) in [6.07, 6.45) is 0. The molecule has 0 aliphatic carbocycles. The number of sulfonamides is 1. The van der Waals surface area contributed by atoms with Gasteiger partial charge >= 0.3 is 0 Å². The highest BCUT2D eigenvalue weighted by Gasteiger charge is 2.22. The molecule has 1 aliphatic rings. The van der Waals surface area contributed by atoms with E-state index < -0.39 is 10.0 Å². The number of hydrogen-bond acceptors (Lipinski definition) is 5. The quantitative estimate of drug-likeness (QED) is 0.470. The first-order chi connectivity index (χ1) is 16.7. The lowest BCUT2D eigenvalue weighted by atomic mass is 10.2. The highest BCUT2D eigenvalue weighted by atomic mass is 35.5. The van der Waals surface area contributed by atoms with E-state index in [0.29, 0.717) is 47.7 Å². The maximum absolute atomic E-state index is 12.7. The van der Waals surface area contributed by atoms with Crippen molar-refractivity contribution in [1.29, 1.82) is 0 Å². The zero-order valence-corrected chi connectivity index (χ0v) is 21.4. The van der Waals surface area contributed by atoms with Crippen LogP contribution in [0.25, 0.3) is 0 Å². The van der Waals surface area contributed by atoms with Crippen LogP contribution < -0.4 is 14.4 Å². The number of amides is 1. The van der Waals surface area contributed by atoms with Gasteiger partial charge in [-0.25, -0.2) is 8.42 Å². The number of piperazine rings is 1. The van der Waals surface area contributed by atoms with Gasteiger partial charge in [0.05, 0.1) is 10.6 Å². The minimum atomic E-state index is -3.79. The normalized spacial score (nSPS) is 14.0. The smallest absolute Gasteiger partial charge is 0.261 e. The molecule has 0 atom stereocenters. The van der Waals surface area contributed by atoms with Crippen LogP contribution in [-0.2, 0) is 14.8 Å². The number of benzene rings is 3. The third kappa shape index (κ3) is 6.39. The van der Waals surface area contributed by atoms with E-state index in [1.54, 1.807) is 23.1 Å². The number of rotatable bonds is 7. The minimum Gasteiger partial charge on any atom is -0.484 e. The third-order valence-electron chi connectivity index (χ3n) is 5.73. The molecule has 1 saturated heterocycles. The van der Waals surface area contributed by atoms with Gasteiger partial charge in [0.2, 0.25) is 0 Å². The Kier molecular flexibility index (Phi) is 7.74. The van der Waals surface area contributed by atoms with Crippen LogP contribution in [0.3, 0.4) is 0 Å². The van der Waals surface area contributed by atoms with Crippen molar-refractivity contribution in [3.63, 3.8) is 0 Å². The molecule has 10 heteroatoms. The average Bonchev–Trinajstić information content (AvgIpc) is 2.85. The van der Waals surface area contributed by atoms with Crippen LogP contribution in [0.4, 0.5) is 11.4 Å². The molecule has 0 bridgehead atoms. The molecule has 1 N–H and O–H groups in total. The highest BCUT2D eigenvalue weighted by Crippen LogP contribution is 2.24. The van der Waals surface area contributed by atoms with E-state index in [4.69, 9.17) is 27.9 Å². The maximum Gasteiger partial charge on any atom is 0.261 e. The molecular weight excluding hydrogens is 509 g/mol. The van der Waals surface area contributed by atoms with E-state index in [2.05, 4.69) is 9.62 Å². The molecule has 0 spiro atoms. The Morgan fingerprint density at radius 1 is 0.971 bits per heavy atom. The summed E-state index contributed by atoms with van der Waals surface area (Å²) in [6.45, 7) is 4.30. The first kappa shape index (κ1) is 25.2. The molecule has 3 aromatic carbocycles. The summed E-state index contributed by atoms with van der Waals surface area (Å²) < 4.78 is 33.4. The van der Waals surface area contributed by atoms with Gasteiger partial charge in [-0.1, -0.05) is 35.3 Å². The Labute approximate surface area is 215 Å². The second-order valence-electron chi connectivity index (χ2n) is 8.18. The van der Waals surface area contributed by atoms with Crippen molar-refractivity contribution in [1.82, 2.24) is 4.90 Å². The first-order valence-corrected chi connectivity index (χ1v) is 13.3. The SMILES string of the molecule is Cc1ccc(NS(=O)(=O)c2ccc(OCC(=O)N3CCN(c4cccc(Cl)c4)CC3)cc2)cc1Cl. The summed E-state index contributed by atoms with van der Waals surface area (Å²) in [4.78, 5) is 16.6. The van der Waals surface area contributed by atoms with E-state index in [9.17, 15) is 13.2 Å². The number of nitrogens with zero attached hydrogens (tertiary/aromatic N) is 2. The molecule has 1 fully saturated rings. The lowest BCUT2D eigenvalue weighted by molar-refractivity contribution is -0.133. The molecule has 3 aromatic rings. The monoisotopic (exact) mass is 533 g/mol. The van der Waals surface area contributed by atoms with Gasteiger partial charge in [-0.15, -0.1) is 0 Å². The molecule has 1 aliphatic heterocycles. The molecule has 0 saturated carbocycles. The standard InChI is InChI=1S/C25H25Cl2N3O4S/c1-18-5-6-20(16-24(18)27)28-35(32,33)23-9-7-22(8-10-23)34-17-25(31)30-13-11-29(12-14-30)21-4-2-3-19(26)15-21/h2-10,15-16,28H,11-14,17H2,1H3. The summed E-state index contributed by atoms with van der Waals surface area (Å²) in [7, 11) is -3.79. The molecule has 0 aromatic heterocycles. The largest absolute Gasteiger partial charge is 0.484 e. The van der Waals surface area contributed by atoms with Crippen LogP contribution in [-0.4, -0.2) is 52.0 Å². The molecule has 1 amide bonds. The number of anilines is 2. The Bertz CT molecular complexity index is 1310.